The van der Waals surface area contributed by atoms with Crippen molar-refractivity contribution in [3.8, 4) is 0 Å². The summed E-state index contributed by atoms with van der Waals surface area (Å²) in [6.07, 6.45) is 5.05. The molecule has 1 N–H and O–H groups in total. The maximum Gasteiger partial charge on any atom is 0.264 e. The van der Waals surface area contributed by atoms with Gasteiger partial charge >= 0.3 is 0 Å². The molecule has 0 radical (unpaired) electrons. The van der Waals surface area contributed by atoms with E-state index in [-0.39, 0.29) is 35.5 Å². The van der Waals surface area contributed by atoms with E-state index in [9.17, 15) is 22.4 Å². The third kappa shape index (κ3) is 8.53. The standard InChI is InChI=1S/C36H37ClFN3O4S/c37-29-13-10-16-32(24-29)41(46(44,45)33-17-8-3-9-18-33)26-35(42)40(25-28-19-21-30(38)22-20-28)34(23-27-11-4-1-5-12-27)36(43)39-31-14-6-2-7-15-31/h1,3-5,8-13,16-22,24,31,34H,2,6-7,14-15,23,25-26H2,(H,39,43). The van der Waals surface area contributed by atoms with Crippen molar-refractivity contribution < 1.29 is 22.4 Å². The Bertz CT molecular complexity index is 1720. The number of nitrogens with one attached hydrogen (secondary N) is 1. The van der Waals surface area contributed by atoms with Gasteiger partial charge in [0.1, 0.15) is 18.4 Å². The molecule has 7 nitrogen and oxygen atoms in total. The van der Waals surface area contributed by atoms with Gasteiger partial charge in [0.25, 0.3) is 10.0 Å². The van der Waals surface area contributed by atoms with E-state index < -0.39 is 34.3 Å². The van der Waals surface area contributed by atoms with Crippen LogP contribution < -0.4 is 9.62 Å². The molecule has 5 rings (SSSR count). The summed E-state index contributed by atoms with van der Waals surface area (Å²) in [7, 11) is -4.23. The summed E-state index contributed by atoms with van der Waals surface area (Å²) >= 11 is 6.28. The van der Waals surface area contributed by atoms with Crippen molar-refractivity contribution in [3.63, 3.8) is 0 Å². The molecule has 0 bridgehead atoms. The summed E-state index contributed by atoms with van der Waals surface area (Å²) in [6, 6.07) is 28.2. The Kier molecular flexibility index (Phi) is 11.1. The predicted molar refractivity (Wildman–Crippen MR) is 178 cm³/mol. The third-order valence-electron chi connectivity index (χ3n) is 8.20. The van der Waals surface area contributed by atoms with Gasteiger partial charge in [-0.05, 0) is 66.4 Å². The maximum atomic E-state index is 14.5. The average molecular weight is 662 g/mol. The van der Waals surface area contributed by atoms with Crippen molar-refractivity contribution in [2.45, 2.75) is 62.0 Å². The SMILES string of the molecule is O=C(NC1CCCCC1)C(Cc1ccccc1)N(Cc1ccc(F)cc1)C(=O)CN(c1cccc(Cl)c1)S(=O)(=O)c1ccccc1. The molecule has 4 aromatic rings. The first-order valence-electron chi connectivity index (χ1n) is 15.4. The smallest absolute Gasteiger partial charge is 0.264 e. The fourth-order valence-electron chi connectivity index (χ4n) is 5.76. The molecule has 0 heterocycles. The Morgan fingerprint density at radius 1 is 0.826 bits per heavy atom. The van der Waals surface area contributed by atoms with Crippen LogP contribution in [0, 0.1) is 5.82 Å². The lowest BCUT2D eigenvalue weighted by Crippen LogP contribution is -2.55. The summed E-state index contributed by atoms with van der Waals surface area (Å²) in [4.78, 5) is 30.0. The Morgan fingerprint density at radius 2 is 1.48 bits per heavy atom. The molecule has 46 heavy (non-hydrogen) atoms. The minimum absolute atomic E-state index is 0.00346. The van der Waals surface area contributed by atoms with E-state index in [1.807, 2.05) is 30.3 Å². The van der Waals surface area contributed by atoms with Gasteiger partial charge in [-0.3, -0.25) is 13.9 Å². The molecule has 0 aromatic heterocycles. The van der Waals surface area contributed by atoms with Gasteiger partial charge in [-0.1, -0.05) is 97.6 Å². The lowest BCUT2D eigenvalue weighted by Gasteiger charge is -2.35. The Morgan fingerprint density at radius 3 is 2.13 bits per heavy atom. The monoisotopic (exact) mass is 661 g/mol. The minimum Gasteiger partial charge on any atom is -0.352 e. The molecule has 1 aliphatic rings. The summed E-state index contributed by atoms with van der Waals surface area (Å²) < 4.78 is 43.0. The second-order valence-electron chi connectivity index (χ2n) is 11.5. The van der Waals surface area contributed by atoms with Crippen molar-refractivity contribution in [2.24, 2.45) is 0 Å². The van der Waals surface area contributed by atoms with E-state index in [1.54, 1.807) is 48.5 Å². The largest absolute Gasteiger partial charge is 0.352 e. The van der Waals surface area contributed by atoms with E-state index in [2.05, 4.69) is 5.32 Å². The lowest BCUT2D eigenvalue weighted by molar-refractivity contribution is -0.140. The molecule has 0 spiro atoms. The van der Waals surface area contributed by atoms with Crippen LogP contribution in [0.25, 0.3) is 0 Å². The number of benzene rings is 4. The van der Waals surface area contributed by atoms with Crippen LogP contribution in [0.4, 0.5) is 10.1 Å². The first-order valence-corrected chi connectivity index (χ1v) is 17.2. The number of nitrogens with zero attached hydrogens (tertiary/aromatic N) is 2. The quantitative estimate of drug-likeness (QED) is 0.182. The number of carbonyl (C=O) groups excluding carboxylic acids is 2. The summed E-state index contributed by atoms with van der Waals surface area (Å²) in [5.41, 5.74) is 1.64. The number of halogens is 2. The summed E-state index contributed by atoms with van der Waals surface area (Å²) in [5, 5.41) is 3.48. The molecular formula is C36H37ClFN3O4S. The zero-order chi connectivity index (χ0) is 32.5. The van der Waals surface area contributed by atoms with Gasteiger partial charge in [-0.15, -0.1) is 0 Å². The fourth-order valence-corrected chi connectivity index (χ4v) is 7.38. The highest BCUT2D eigenvalue weighted by atomic mass is 35.5. The van der Waals surface area contributed by atoms with Crippen molar-refractivity contribution in [2.75, 3.05) is 10.8 Å². The van der Waals surface area contributed by atoms with Crippen LogP contribution in [-0.4, -0.2) is 43.8 Å². The van der Waals surface area contributed by atoms with Gasteiger partial charge in [0, 0.05) is 24.0 Å². The highest BCUT2D eigenvalue weighted by molar-refractivity contribution is 7.92. The molecular weight excluding hydrogens is 625 g/mol. The van der Waals surface area contributed by atoms with Crippen molar-refractivity contribution in [1.29, 1.82) is 0 Å². The van der Waals surface area contributed by atoms with Gasteiger partial charge in [0.15, 0.2) is 0 Å². The molecule has 1 aliphatic carbocycles. The van der Waals surface area contributed by atoms with Gasteiger partial charge < -0.3 is 10.2 Å². The van der Waals surface area contributed by atoms with E-state index in [1.165, 1.54) is 35.2 Å². The molecule has 4 aromatic carbocycles. The van der Waals surface area contributed by atoms with Gasteiger partial charge in [-0.25, -0.2) is 12.8 Å². The zero-order valence-corrected chi connectivity index (χ0v) is 27.0. The fraction of sp³-hybridized carbons (Fsp3) is 0.278. The third-order valence-corrected chi connectivity index (χ3v) is 10.2. The van der Waals surface area contributed by atoms with Gasteiger partial charge in [-0.2, -0.15) is 0 Å². The van der Waals surface area contributed by atoms with Crippen LogP contribution in [-0.2, 0) is 32.6 Å². The number of sulfonamides is 1. The van der Waals surface area contributed by atoms with Crippen molar-refractivity contribution in [1.82, 2.24) is 10.2 Å². The lowest BCUT2D eigenvalue weighted by atomic mass is 9.94. The van der Waals surface area contributed by atoms with E-state index >= 15 is 0 Å². The topological polar surface area (TPSA) is 86.8 Å². The molecule has 1 saturated carbocycles. The summed E-state index contributed by atoms with van der Waals surface area (Å²) in [5.74, 6) is -1.34. The van der Waals surface area contributed by atoms with E-state index in [4.69, 9.17) is 11.6 Å². The van der Waals surface area contributed by atoms with Crippen molar-refractivity contribution in [3.05, 3.63) is 131 Å². The normalized spacial score (nSPS) is 14.3. The number of hydrogen-bond acceptors (Lipinski definition) is 4. The number of rotatable bonds is 12. The van der Waals surface area contributed by atoms with Gasteiger partial charge in [0.2, 0.25) is 11.8 Å². The second kappa shape index (κ2) is 15.4. The van der Waals surface area contributed by atoms with Crippen LogP contribution in [0.3, 0.4) is 0 Å². The Hall–Kier alpha value is -4.21. The molecule has 1 unspecified atom stereocenters. The average Bonchev–Trinajstić information content (AvgIpc) is 3.07. The van der Waals surface area contributed by atoms with Crippen LogP contribution in [0.2, 0.25) is 5.02 Å². The van der Waals surface area contributed by atoms with E-state index in [0.717, 1.165) is 42.0 Å². The van der Waals surface area contributed by atoms with Crippen LogP contribution in [0.5, 0.6) is 0 Å². The molecule has 1 atom stereocenters. The highest BCUT2D eigenvalue weighted by Crippen LogP contribution is 2.27. The molecule has 10 heteroatoms. The molecule has 240 valence electrons. The van der Waals surface area contributed by atoms with Gasteiger partial charge in [0.05, 0.1) is 10.6 Å². The van der Waals surface area contributed by atoms with Crippen LogP contribution >= 0.6 is 11.6 Å². The number of amides is 2. The van der Waals surface area contributed by atoms with Crippen LogP contribution in [0.1, 0.15) is 43.2 Å². The van der Waals surface area contributed by atoms with Crippen LogP contribution in [0.15, 0.2) is 114 Å². The van der Waals surface area contributed by atoms with Crippen molar-refractivity contribution >= 4 is 39.1 Å². The first kappa shape index (κ1) is 33.2. The minimum atomic E-state index is -4.23. The highest BCUT2D eigenvalue weighted by Gasteiger charge is 2.35. The zero-order valence-electron chi connectivity index (χ0n) is 25.4. The number of anilines is 1. The second-order valence-corrected chi connectivity index (χ2v) is 13.8. The number of hydrogen-bond donors (Lipinski definition) is 1. The maximum absolute atomic E-state index is 14.5. The predicted octanol–water partition coefficient (Wildman–Crippen LogP) is 6.76. The Labute approximate surface area is 275 Å². The molecule has 0 aliphatic heterocycles. The summed E-state index contributed by atoms with van der Waals surface area (Å²) in [6.45, 7) is -0.635. The molecule has 2 amide bonds. The number of carbonyl (C=O) groups is 2. The van der Waals surface area contributed by atoms with E-state index in [0.29, 0.717) is 10.6 Å². The molecule has 0 saturated heterocycles. The first-order chi connectivity index (χ1) is 22.2. The Balaban J connectivity index is 1.55. The molecule has 1 fully saturated rings.